The number of rotatable bonds is 8. The zero-order chi connectivity index (χ0) is 31.4. The molecular formula is C30H28F6N2O5. The van der Waals surface area contributed by atoms with Crippen LogP contribution in [0.5, 0.6) is 11.5 Å². The van der Waals surface area contributed by atoms with Gasteiger partial charge in [-0.2, -0.15) is 0 Å². The molecule has 7 nitrogen and oxygen atoms in total. The Bertz CT molecular complexity index is 1370. The van der Waals surface area contributed by atoms with Gasteiger partial charge < -0.3 is 24.4 Å². The number of likely N-dealkylation sites (tertiary alicyclic amines) is 1. The third kappa shape index (κ3) is 7.90. The highest BCUT2D eigenvalue weighted by atomic mass is 19.4. The van der Waals surface area contributed by atoms with Crippen molar-refractivity contribution in [3.63, 3.8) is 0 Å². The van der Waals surface area contributed by atoms with E-state index in [1.165, 1.54) is 36.3 Å². The van der Waals surface area contributed by atoms with E-state index in [0.29, 0.717) is 12.0 Å². The predicted octanol–water partition coefficient (Wildman–Crippen LogP) is 6.56. The number of carbonyl (C=O) groups excluding carboxylic acids is 2. The summed E-state index contributed by atoms with van der Waals surface area (Å²) < 4.78 is 92.3. The van der Waals surface area contributed by atoms with Crippen molar-refractivity contribution in [1.82, 2.24) is 10.2 Å². The van der Waals surface area contributed by atoms with Crippen LogP contribution in [0.1, 0.15) is 30.0 Å². The van der Waals surface area contributed by atoms with E-state index in [-0.39, 0.29) is 30.0 Å². The maximum absolute atomic E-state index is 14.0. The van der Waals surface area contributed by atoms with Gasteiger partial charge in [0.2, 0.25) is 0 Å². The fraction of sp³-hybridized carbons (Fsp3) is 0.333. The van der Waals surface area contributed by atoms with Crippen LogP contribution in [0.3, 0.4) is 0 Å². The van der Waals surface area contributed by atoms with Gasteiger partial charge in [-0.1, -0.05) is 61.5 Å². The molecule has 1 fully saturated rings. The molecule has 3 aromatic carbocycles. The highest BCUT2D eigenvalue weighted by Crippen LogP contribution is 2.39. The van der Waals surface area contributed by atoms with Crippen molar-refractivity contribution in [3.8, 4) is 11.5 Å². The smallest absolute Gasteiger partial charge is 0.467 e. The zero-order valence-electron chi connectivity index (χ0n) is 23.0. The second-order valence-corrected chi connectivity index (χ2v) is 10.2. The number of nitrogens with zero attached hydrogens (tertiary/aromatic N) is 1. The molecule has 1 aliphatic rings. The minimum absolute atomic E-state index is 0.0671. The van der Waals surface area contributed by atoms with Crippen LogP contribution in [0.15, 0.2) is 78.9 Å². The molecule has 13 heteroatoms. The van der Waals surface area contributed by atoms with Gasteiger partial charge in [0, 0.05) is 13.0 Å². The SMILES string of the molecule is COC(=O)[C@@H]1C[C@@H](C)CN1C(=O)NC(Cc1ccccc1)(c1cccc(OC(F)(F)F)c1)c1cccc(OC(F)(F)F)c1. The monoisotopic (exact) mass is 610 g/mol. The molecule has 0 aliphatic carbocycles. The molecule has 4 rings (SSSR count). The van der Waals surface area contributed by atoms with Gasteiger partial charge in [-0.3, -0.25) is 0 Å². The van der Waals surface area contributed by atoms with Crippen LogP contribution in [0.25, 0.3) is 0 Å². The molecule has 0 aromatic heterocycles. The number of alkyl halides is 6. The summed E-state index contributed by atoms with van der Waals surface area (Å²) in [5.41, 5.74) is -1.05. The molecule has 0 spiro atoms. The molecule has 0 bridgehead atoms. The number of urea groups is 1. The van der Waals surface area contributed by atoms with Crippen LogP contribution in [-0.2, 0) is 21.5 Å². The quantitative estimate of drug-likeness (QED) is 0.231. The first-order chi connectivity index (χ1) is 20.2. The topological polar surface area (TPSA) is 77.1 Å². The number of methoxy groups -OCH3 is 1. The molecule has 43 heavy (non-hydrogen) atoms. The van der Waals surface area contributed by atoms with Crippen LogP contribution in [-0.4, -0.2) is 49.3 Å². The Morgan fingerprint density at radius 3 is 1.86 bits per heavy atom. The molecule has 2 amide bonds. The Balaban J connectivity index is 1.92. The summed E-state index contributed by atoms with van der Waals surface area (Å²) in [6.07, 6.45) is -9.89. The minimum atomic E-state index is -5.04. The molecule has 0 saturated carbocycles. The number of halogens is 6. The largest absolute Gasteiger partial charge is 0.573 e. The maximum Gasteiger partial charge on any atom is 0.573 e. The minimum Gasteiger partial charge on any atom is -0.467 e. The Labute approximate surface area is 243 Å². The van der Waals surface area contributed by atoms with Gasteiger partial charge in [0.15, 0.2) is 0 Å². The standard InChI is InChI=1S/C30H28F6N2O5/c1-19-14-25(26(39)41-2)38(18-19)27(40)37-28(17-20-8-4-3-5-9-20,21-10-6-12-23(15-21)42-29(31,32)33)22-11-7-13-24(16-22)43-30(34,35)36/h3-13,15-16,19,25H,14,17-18H2,1-2H3,(H,37,40)/t19-,25+/m1/s1. The molecule has 0 radical (unpaired) electrons. The molecular weight excluding hydrogens is 582 g/mol. The Hall–Kier alpha value is -4.42. The molecule has 1 saturated heterocycles. The Morgan fingerprint density at radius 1 is 0.837 bits per heavy atom. The summed E-state index contributed by atoms with van der Waals surface area (Å²) in [6, 6.07) is 16.4. The van der Waals surface area contributed by atoms with Crippen LogP contribution < -0.4 is 14.8 Å². The summed E-state index contributed by atoms with van der Waals surface area (Å²) in [4.78, 5) is 27.8. The first kappa shape index (κ1) is 31.5. The summed E-state index contributed by atoms with van der Waals surface area (Å²) in [5.74, 6) is -1.97. The van der Waals surface area contributed by atoms with Gasteiger partial charge in [-0.05, 0) is 53.3 Å². The molecule has 230 valence electrons. The number of hydrogen-bond acceptors (Lipinski definition) is 5. The van der Waals surface area contributed by atoms with Crippen molar-refractivity contribution in [3.05, 3.63) is 95.6 Å². The zero-order valence-corrected chi connectivity index (χ0v) is 23.0. The molecule has 1 aliphatic heterocycles. The van der Waals surface area contributed by atoms with Gasteiger partial charge in [0.1, 0.15) is 17.5 Å². The van der Waals surface area contributed by atoms with E-state index in [9.17, 15) is 35.9 Å². The summed E-state index contributed by atoms with van der Waals surface area (Å²) in [5, 5.41) is 2.87. The normalized spacial score (nSPS) is 17.3. The van der Waals surface area contributed by atoms with E-state index in [1.54, 1.807) is 30.3 Å². The highest BCUT2D eigenvalue weighted by Gasteiger charge is 2.44. The van der Waals surface area contributed by atoms with E-state index in [1.807, 2.05) is 6.92 Å². The molecule has 1 N–H and O–H groups in total. The highest BCUT2D eigenvalue weighted by molar-refractivity contribution is 5.85. The van der Waals surface area contributed by atoms with Gasteiger partial charge in [-0.25, -0.2) is 9.59 Å². The molecule has 0 unspecified atom stereocenters. The number of benzene rings is 3. The van der Waals surface area contributed by atoms with Crippen molar-refractivity contribution >= 4 is 12.0 Å². The van der Waals surface area contributed by atoms with Crippen LogP contribution >= 0.6 is 0 Å². The number of ether oxygens (including phenoxy) is 3. The summed E-state index contributed by atoms with van der Waals surface area (Å²) in [6.45, 7) is 1.98. The van der Waals surface area contributed by atoms with E-state index >= 15 is 0 Å². The first-order valence-corrected chi connectivity index (χ1v) is 13.1. The summed E-state index contributed by atoms with van der Waals surface area (Å²) in [7, 11) is 1.18. The van der Waals surface area contributed by atoms with Crippen molar-refractivity contribution in [2.24, 2.45) is 5.92 Å². The second-order valence-electron chi connectivity index (χ2n) is 10.2. The van der Waals surface area contributed by atoms with Gasteiger partial charge in [0.05, 0.1) is 12.6 Å². The van der Waals surface area contributed by atoms with Crippen LogP contribution in [0.4, 0.5) is 31.1 Å². The van der Waals surface area contributed by atoms with Crippen molar-refractivity contribution in [2.75, 3.05) is 13.7 Å². The molecule has 2 atom stereocenters. The molecule has 3 aromatic rings. The number of esters is 1. The van der Waals surface area contributed by atoms with Gasteiger partial charge >= 0.3 is 24.7 Å². The maximum atomic E-state index is 14.0. The number of carbonyl (C=O) groups is 2. The van der Waals surface area contributed by atoms with E-state index in [0.717, 1.165) is 24.3 Å². The number of amides is 2. The van der Waals surface area contributed by atoms with Crippen molar-refractivity contribution in [1.29, 1.82) is 0 Å². The number of hydrogen-bond donors (Lipinski definition) is 1. The lowest BCUT2D eigenvalue weighted by Crippen LogP contribution is -2.55. The fourth-order valence-electron chi connectivity index (χ4n) is 5.26. The summed E-state index contributed by atoms with van der Waals surface area (Å²) >= 11 is 0. The third-order valence-electron chi connectivity index (χ3n) is 7.00. The van der Waals surface area contributed by atoms with Crippen LogP contribution in [0, 0.1) is 5.92 Å². The average molecular weight is 611 g/mol. The van der Waals surface area contributed by atoms with E-state index in [2.05, 4.69) is 14.8 Å². The van der Waals surface area contributed by atoms with Crippen molar-refractivity contribution in [2.45, 2.75) is 44.1 Å². The first-order valence-electron chi connectivity index (χ1n) is 13.1. The van der Waals surface area contributed by atoms with Crippen LogP contribution in [0.2, 0.25) is 0 Å². The van der Waals surface area contributed by atoms with E-state index < -0.39 is 47.8 Å². The fourth-order valence-corrected chi connectivity index (χ4v) is 5.26. The second kappa shape index (κ2) is 12.4. The van der Waals surface area contributed by atoms with Crippen molar-refractivity contribution < 1.29 is 50.1 Å². The Morgan fingerprint density at radius 2 is 1.37 bits per heavy atom. The van der Waals surface area contributed by atoms with Gasteiger partial charge in [0.25, 0.3) is 0 Å². The lowest BCUT2D eigenvalue weighted by molar-refractivity contribution is -0.275. The lowest BCUT2D eigenvalue weighted by Gasteiger charge is -2.39. The lowest BCUT2D eigenvalue weighted by atomic mass is 9.77. The molecule has 1 heterocycles. The Kier molecular flexibility index (Phi) is 9.12. The number of nitrogens with one attached hydrogen (secondary N) is 1. The third-order valence-corrected chi connectivity index (χ3v) is 7.00. The van der Waals surface area contributed by atoms with E-state index in [4.69, 9.17) is 4.74 Å². The average Bonchev–Trinajstić information content (AvgIpc) is 3.33. The van der Waals surface area contributed by atoms with Gasteiger partial charge in [-0.15, -0.1) is 26.3 Å². The predicted molar refractivity (Wildman–Crippen MR) is 142 cm³/mol.